The van der Waals surface area contributed by atoms with E-state index in [9.17, 15) is 24.3 Å². The molecule has 9 nitrogen and oxygen atoms in total. The number of aryl methyl sites for hydroxylation is 2. The fourth-order valence-electron chi connectivity index (χ4n) is 3.26. The molecule has 3 rings (SSSR count). The van der Waals surface area contributed by atoms with Crippen LogP contribution in [-0.2, 0) is 18.9 Å². The summed E-state index contributed by atoms with van der Waals surface area (Å²) in [6.07, 6.45) is 1.00. The van der Waals surface area contributed by atoms with Crippen molar-refractivity contribution >= 4 is 22.9 Å². The Labute approximate surface area is 142 Å². The number of carbonyl (C=O) groups is 2. The number of carbonyl (C=O) groups excluding carboxylic acids is 1. The molecular formula is C16H18N4O5. The van der Waals surface area contributed by atoms with Crippen LogP contribution in [0.1, 0.15) is 28.9 Å². The summed E-state index contributed by atoms with van der Waals surface area (Å²) < 4.78 is 2.19. The van der Waals surface area contributed by atoms with Gasteiger partial charge in [-0.05, 0) is 31.4 Å². The first-order valence-electron chi connectivity index (χ1n) is 7.85. The van der Waals surface area contributed by atoms with Crippen LogP contribution in [0.15, 0.2) is 15.7 Å². The average molecular weight is 346 g/mol. The lowest BCUT2D eigenvalue weighted by molar-refractivity contribution is -0.141. The van der Waals surface area contributed by atoms with Crippen molar-refractivity contribution in [2.75, 3.05) is 6.54 Å². The molecule has 132 valence electrons. The van der Waals surface area contributed by atoms with Gasteiger partial charge in [0, 0.05) is 20.6 Å². The molecule has 0 aromatic carbocycles. The highest BCUT2D eigenvalue weighted by atomic mass is 16.4. The minimum Gasteiger partial charge on any atom is -0.480 e. The molecule has 9 heteroatoms. The lowest BCUT2D eigenvalue weighted by Crippen LogP contribution is -2.41. The number of hydrogen-bond acceptors (Lipinski definition) is 5. The summed E-state index contributed by atoms with van der Waals surface area (Å²) in [7, 11) is 2.85. The van der Waals surface area contributed by atoms with Crippen molar-refractivity contribution < 1.29 is 14.7 Å². The largest absolute Gasteiger partial charge is 0.480 e. The topological polar surface area (TPSA) is 114 Å². The zero-order valence-electron chi connectivity index (χ0n) is 14.1. The Morgan fingerprint density at radius 3 is 2.56 bits per heavy atom. The maximum atomic E-state index is 12.7. The molecular weight excluding hydrogens is 328 g/mol. The van der Waals surface area contributed by atoms with Crippen LogP contribution in [0.25, 0.3) is 11.0 Å². The lowest BCUT2D eigenvalue weighted by atomic mass is 10.1. The lowest BCUT2D eigenvalue weighted by Gasteiger charge is -2.21. The maximum Gasteiger partial charge on any atom is 0.332 e. The van der Waals surface area contributed by atoms with Gasteiger partial charge in [0.25, 0.3) is 11.5 Å². The summed E-state index contributed by atoms with van der Waals surface area (Å²) in [5, 5.41) is 9.51. The summed E-state index contributed by atoms with van der Waals surface area (Å²) in [5.41, 5.74) is -0.371. The van der Waals surface area contributed by atoms with Crippen molar-refractivity contribution in [3.05, 3.63) is 38.2 Å². The van der Waals surface area contributed by atoms with Gasteiger partial charge >= 0.3 is 11.7 Å². The van der Waals surface area contributed by atoms with Crippen molar-refractivity contribution in [3.63, 3.8) is 0 Å². The number of carboxylic acids is 1. The normalized spacial score (nSPS) is 17.2. The van der Waals surface area contributed by atoms with Gasteiger partial charge in [0.15, 0.2) is 0 Å². The van der Waals surface area contributed by atoms with E-state index in [4.69, 9.17) is 0 Å². The van der Waals surface area contributed by atoms with Gasteiger partial charge in [-0.2, -0.15) is 0 Å². The van der Waals surface area contributed by atoms with Gasteiger partial charge in [0.2, 0.25) is 0 Å². The molecule has 0 spiro atoms. The van der Waals surface area contributed by atoms with E-state index < -0.39 is 29.2 Å². The molecule has 25 heavy (non-hydrogen) atoms. The standard InChI is InChI=1S/C16H18N4O5/c1-8-7-9(13(21)20-6-4-5-10(20)15(23)24)17-12-11(8)14(22)19(3)16(25)18(12)2/h7,10H,4-6H2,1-3H3,(H,23,24)/t10-/m0/s1. The van der Waals surface area contributed by atoms with Gasteiger partial charge in [0.05, 0.1) is 5.39 Å². The van der Waals surface area contributed by atoms with Crippen LogP contribution in [0.4, 0.5) is 0 Å². The van der Waals surface area contributed by atoms with Crippen LogP contribution in [0, 0.1) is 6.92 Å². The number of nitrogens with zero attached hydrogens (tertiary/aromatic N) is 4. The van der Waals surface area contributed by atoms with E-state index in [2.05, 4.69) is 4.98 Å². The smallest absolute Gasteiger partial charge is 0.332 e. The third-order valence-corrected chi connectivity index (χ3v) is 4.63. The predicted molar refractivity (Wildman–Crippen MR) is 88.7 cm³/mol. The second-order valence-electron chi connectivity index (χ2n) is 6.22. The number of amides is 1. The number of likely N-dealkylation sites (tertiary alicyclic amines) is 1. The zero-order valence-corrected chi connectivity index (χ0v) is 14.1. The van der Waals surface area contributed by atoms with Crippen LogP contribution in [0.2, 0.25) is 0 Å². The number of hydrogen-bond donors (Lipinski definition) is 1. The van der Waals surface area contributed by atoms with Crippen LogP contribution in [0.3, 0.4) is 0 Å². The van der Waals surface area contributed by atoms with Gasteiger partial charge in [0.1, 0.15) is 17.4 Å². The molecule has 2 aromatic heterocycles. The number of pyridine rings is 1. The Kier molecular flexibility index (Phi) is 3.94. The number of carboxylic acid groups (broad SMARTS) is 1. The Hall–Kier alpha value is -2.97. The molecule has 1 N–H and O–H groups in total. The number of aromatic nitrogens is 3. The SMILES string of the molecule is Cc1cc(C(=O)N2CCC[C@H]2C(=O)O)nc2c1c(=O)n(C)c(=O)n2C. The Balaban J connectivity index is 2.19. The van der Waals surface area contributed by atoms with Crippen molar-refractivity contribution in [2.45, 2.75) is 25.8 Å². The van der Waals surface area contributed by atoms with E-state index in [1.807, 2.05) is 0 Å². The van der Waals surface area contributed by atoms with Gasteiger partial charge in [-0.15, -0.1) is 0 Å². The highest BCUT2D eigenvalue weighted by Gasteiger charge is 2.35. The van der Waals surface area contributed by atoms with E-state index in [1.54, 1.807) is 6.92 Å². The molecule has 3 heterocycles. The highest BCUT2D eigenvalue weighted by molar-refractivity contribution is 5.97. The summed E-state index contributed by atoms with van der Waals surface area (Å²) in [5.74, 6) is -1.56. The Morgan fingerprint density at radius 2 is 1.92 bits per heavy atom. The fraction of sp³-hybridized carbons (Fsp3) is 0.438. The minimum absolute atomic E-state index is 0.0291. The molecule has 0 radical (unpaired) electrons. The molecule has 2 aromatic rings. The van der Waals surface area contributed by atoms with Gasteiger partial charge < -0.3 is 10.0 Å². The van der Waals surface area contributed by atoms with Crippen molar-refractivity contribution in [1.29, 1.82) is 0 Å². The van der Waals surface area contributed by atoms with Crippen LogP contribution < -0.4 is 11.2 Å². The number of rotatable bonds is 2. The van der Waals surface area contributed by atoms with E-state index >= 15 is 0 Å². The van der Waals surface area contributed by atoms with E-state index in [0.717, 1.165) is 4.57 Å². The summed E-state index contributed by atoms with van der Waals surface area (Å²) in [6, 6.07) is 0.589. The van der Waals surface area contributed by atoms with Crippen LogP contribution >= 0.6 is 0 Å². The molecule has 1 fully saturated rings. The molecule has 0 bridgehead atoms. The van der Waals surface area contributed by atoms with Gasteiger partial charge in [-0.3, -0.25) is 18.7 Å². The van der Waals surface area contributed by atoms with E-state index in [-0.39, 0.29) is 16.7 Å². The molecule has 0 aliphatic carbocycles. The molecule has 1 amide bonds. The first-order chi connectivity index (χ1) is 11.7. The molecule has 0 saturated carbocycles. The van der Waals surface area contributed by atoms with Gasteiger partial charge in [-0.25, -0.2) is 14.6 Å². The van der Waals surface area contributed by atoms with Gasteiger partial charge in [-0.1, -0.05) is 0 Å². The van der Waals surface area contributed by atoms with Crippen molar-refractivity contribution in [1.82, 2.24) is 19.0 Å². The Morgan fingerprint density at radius 1 is 1.24 bits per heavy atom. The van der Waals surface area contributed by atoms with Crippen molar-refractivity contribution in [2.24, 2.45) is 14.1 Å². The third kappa shape index (κ3) is 2.51. The van der Waals surface area contributed by atoms with Crippen LogP contribution in [0.5, 0.6) is 0 Å². The summed E-state index contributed by atoms with van der Waals surface area (Å²) >= 11 is 0. The molecule has 1 atom stereocenters. The summed E-state index contributed by atoms with van der Waals surface area (Å²) in [6.45, 7) is 2.00. The van der Waals surface area contributed by atoms with Crippen LogP contribution in [-0.4, -0.2) is 48.6 Å². The third-order valence-electron chi connectivity index (χ3n) is 4.63. The number of fused-ring (bicyclic) bond motifs is 1. The van der Waals surface area contributed by atoms with E-state index in [0.29, 0.717) is 24.9 Å². The Bertz CT molecular complexity index is 1020. The average Bonchev–Trinajstić information content (AvgIpc) is 3.06. The summed E-state index contributed by atoms with van der Waals surface area (Å²) in [4.78, 5) is 54.0. The minimum atomic E-state index is -1.05. The monoisotopic (exact) mass is 346 g/mol. The van der Waals surface area contributed by atoms with Crippen molar-refractivity contribution in [3.8, 4) is 0 Å². The second-order valence-corrected chi connectivity index (χ2v) is 6.22. The quantitative estimate of drug-likeness (QED) is 0.793. The molecule has 0 unspecified atom stereocenters. The predicted octanol–water partition coefficient (Wildman–Crippen LogP) is -0.370. The maximum absolute atomic E-state index is 12.7. The van der Waals surface area contributed by atoms with E-state index in [1.165, 1.54) is 29.6 Å². The second kappa shape index (κ2) is 5.83. The first-order valence-corrected chi connectivity index (χ1v) is 7.85. The molecule has 1 aliphatic rings. The fourth-order valence-corrected chi connectivity index (χ4v) is 3.26. The highest BCUT2D eigenvalue weighted by Crippen LogP contribution is 2.21. The molecule has 1 saturated heterocycles. The zero-order chi connectivity index (χ0) is 18.5. The number of aliphatic carboxylic acids is 1. The molecule has 1 aliphatic heterocycles. The first kappa shape index (κ1) is 16.9.